The summed E-state index contributed by atoms with van der Waals surface area (Å²) >= 11 is 4.90. The third-order valence-electron chi connectivity index (χ3n) is 3.03. The molecule has 0 saturated carbocycles. The number of hydrogen-bond donors (Lipinski definition) is 2. The Bertz CT molecular complexity index is 652. The molecule has 3 N–H and O–H groups in total. The summed E-state index contributed by atoms with van der Waals surface area (Å²) in [7, 11) is 0. The number of anilines is 1. The van der Waals surface area contributed by atoms with Gasteiger partial charge in [0.2, 0.25) is 5.91 Å². The third kappa shape index (κ3) is 2.71. The van der Waals surface area contributed by atoms with E-state index in [2.05, 4.69) is 10.3 Å². The van der Waals surface area contributed by atoms with Gasteiger partial charge in [0.05, 0.1) is 27.8 Å². The summed E-state index contributed by atoms with van der Waals surface area (Å²) in [6.07, 6.45) is 1.62. The summed E-state index contributed by atoms with van der Waals surface area (Å²) in [6, 6.07) is 9.57. The molecule has 4 nitrogen and oxygen atoms in total. The van der Waals surface area contributed by atoms with Crippen LogP contribution in [0.2, 0.25) is 0 Å². The molecule has 5 heteroatoms. The van der Waals surface area contributed by atoms with Gasteiger partial charge in [0, 0.05) is 5.39 Å². The summed E-state index contributed by atoms with van der Waals surface area (Å²) in [5.41, 5.74) is 6.20. The lowest BCUT2D eigenvalue weighted by Gasteiger charge is -2.21. The highest BCUT2D eigenvalue weighted by Gasteiger charge is 2.30. The molecule has 1 amide bonds. The second-order valence-electron chi connectivity index (χ2n) is 4.86. The molecule has 0 fully saturated rings. The normalized spacial score (nSPS) is 11.3. The predicted octanol–water partition coefficient (Wildman–Crippen LogP) is 2.49. The van der Waals surface area contributed by atoms with Gasteiger partial charge in [-0.05, 0) is 26.0 Å². The molecule has 0 saturated heterocycles. The van der Waals surface area contributed by atoms with Crippen molar-refractivity contribution in [3.05, 3.63) is 36.5 Å². The van der Waals surface area contributed by atoms with Crippen LogP contribution in [0.5, 0.6) is 0 Å². The summed E-state index contributed by atoms with van der Waals surface area (Å²) in [4.78, 5) is 16.6. The Balaban J connectivity index is 2.27. The number of pyridine rings is 1. The molecular weight excluding hydrogens is 258 g/mol. The largest absolute Gasteiger partial charge is 0.392 e. The lowest BCUT2D eigenvalue weighted by atomic mass is 9.92. The van der Waals surface area contributed by atoms with Crippen LogP contribution >= 0.6 is 12.2 Å². The maximum atomic E-state index is 12.1. The number of hydrogen-bond acceptors (Lipinski definition) is 3. The zero-order chi connectivity index (χ0) is 14.0. The minimum atomic E-state index is -0.888. The molecule has 1 aromatic heterocycles. The first-order valence-electron chi connectivity index (χ1n) is 5.87. The Hall–Kier alpha value is -2.01. The average molecular weight is 273 g/mol. The molecule has 0 radical (unpaired) electrons. The Morgan fingerprint density at radius 3 is 2.74 bits per heavy atom. The third-order valence-corrected chi connectivity index (χ3v) is 3.54. The van der Waals surface area contributed by atoms with Crippen molar-refractivity contribution in [1.29, 1.82) is 0 Å². The van der Waals surface area contributed by atoms with E-state index in [1.165, 1.54) is 0 Å². The van der Waals surface area contributed by atoms with Crippen LogP contribution in [0.1, 0.15) is 13.8 Å². The Kier molecular flexibility index (Phi) is 3.48. The fourth-order valence-corrected chi connectivity index (χ4v) is 1.63. The van der Waals surface area contributed by atoms with Crippen LogP contribution in [-0.2, 0) is 4.79 Å². The highest BCUT2D eigenvalue weighted by atomic mass is 32.1. The SMILES string of the molecule is CC(C)(C(=O)Nc1cnc2ccccc2c1)C(N)=S. The van der Waals surface area contributed by atoms with Crippen LogP contribution in [0, 0.1) is 5.41 Å². The lowest BCUT2D eigenvalue weighted by molar-refractivity contribution is -0.121. The quantitative estimate of drug-likeness (QED) is 0.843. The van der Waals surface area contributed by atoms with Crippen LogP contribution in [0.15, 0.2) is 36.5 Å². The van der Waals surface area contributed by atoms with E-state index in [0.29, 0.717) is 5.69 Å². The predicted molar refractivity (Wildman–Crippen MR) is 80.9 cm³/mol. The van der Waals surface area contributed by atoms with E-state index in [0.717, 1.165) is 10.9 Å². The summed E-state index contributed by atoms with van der Waals surface area (Å²) in [5, 5.41) is 3.75. The van der Waals surface area contributed by atoms with E-state index in [-0.39, 0.29) is 10.9 Å². The molecule has 1 aromatic carbocycles. The molecule has 0 bridgehead atoms. The number of fused-ring (bicyclic) bond motifs is 1. The number of nitrogens with zero attached hydrogens (tertiary/aromatic N) is 1. The monoisotopic (exact) mass is 273 g/mol. The molecular formula is C14H15N3OS. The van der Waals surface area contributed by atoms with Gasteiger partial charge >= 0.3 is 0 Å². The van der Waals surface area contributed by atoms with Crippen molar-refractivity contribution in [2.45, 2.75) is 13.8 Å². The number of amides is 1. The van der Waals surface area contributed by atoms with Crippen LogP contribution in [0.3, 0.4) is 0 Å². The van der Waals surface area contributed by atoms with E-state index in [9.17, 15) is 4.79 Å². The Labute approximate surface area is 117 Å². The van der Waals surface area contributed by atoms with E-state index >= 15 is 0 Å². The van der Waals surface area contributed by atoms with Gasteiger partial charge in [-0.2, -0.15) is 0 Å². The van der Waals surface area contributed by atoms with Gasteiger partial charge < -0.3 is 11.1 Å². The highest BCUT2D eigenvalue weighted by Crippen LogP contribution is 2.21. The van der Waals surface area contributed by atoms with Gasteiger partial charge in [-0.15, -0.1) is 0 Å². The number of para-hydroxylation sites is 1. The van der Waals surface area contributed by atoms with Crippen molar-refractivity contribution in [2.75, 3.05) is 5.32 Å². The fourth-order valence-electron chi connectivity index (χ4n) is 1.54. The number of rotatable bonds is 3. The van der Waals surface area contributed by atoms with E-state index in [1.54, 1.807) is 20.0 Å². The molecule has 0 spiro atoms. The molecule has 0 aliphatic carbocycles. The smallest absolute Gasteiger partial charge is 0.236 e. The molecule has 2 rings (SSSR count). The number of nitrogens with two attached hydrogens (primary N) is 1. The van der Waals surface area contributed by atoms with E-state index < -0.39 is 5.41 Å². The van der Waals surface area contributed by atoms with Crippen molar-refractivity contribution in [1.82, 2.24) is 4.98 Å². The fraction of sp³-hybridized carbons (Fsp3) is 0.214. The molecule has 0 atom stereocenters. The molecule has 0 unspecified atom stereocenters. The van der Waals surface area contributed by atoms with Gasteiger partial charge in [0.25, 0.3) is 0 Å². The number of aromatic nitrogens is 1. The number of carbonyl (C=O) groups is 1. The lowest BCUT2D eigenvalue weighted by Crippen LogP contribution is -2.41. The minimum absolute atomic E-state index is 0.166. The Morgan fingerprint density at radius 1 is 1.37 bits per heavy atom. The van der Waals surface area contributed by atoms with Crippen LogP contribution in [0.4, 0.5) is 5.69 Å². The first-order chi connectivity index (χ1) is 8.91. The number of carbonyl (C=O) groups excluding carboxylic acids is 1. The standard InChI is InChI=1S/C14H15N3OS/c1-14(2,12(15)19)13(18)17-10-7-9-5-3-4-6-11(9)16-8-10/h3-8H,1-2H3,(H2,15,19)(H,17,18). The van der Waals surface area contributed by atoms with Crippen molar-refractivity contribution >= 4 is 39.7 Å². The van der Waals surface area contributed by atoms with Gasteiger partial charge in [0.1, 0.15) is 0 Å². The molecule has 0 aliphatic rings. The zero-order valence-electron chi connectivity index (χ0n) is 10.8. The van der Waals surface area contributed by atoms with Crippen LogP contribution < -0.4 is 11.1 Å². The average Bonchev–Trinajstić information content (AvgIpc) is 2.38. The van der Waals surface area contributed by atoms with Crippen molar-refractivity contribution in [3.63, 3.8) is 0 Å². The number of thiocarbonyl (C=S) groups is 1. The van der Waals surface area contributed by atoms with E-state index in [1.807, 2.05) is 30.3 Å². The highest BCUT2D eigenvalue weighted by molar-refractivity contribution is 7.80. The molecule has 2 aromatic rings. The second-order valence-corrected chi connectivity index (χ2v) is 5.30. The second kappa shape index (κ2) is 4.93. The van der Waals surface area contributed by atoms with Crippen LogP contribution in [0.25, 0.3) is 10.9 Å². The number of benzene rings is 1. The zero-order valence-corrected chi connectivity index (χ0v) is 11.6. The first-order valence-corrected chi connectivity index (χ1v) is 6.28. The topological polar surface area (TPSA) is 68.0 Å². The summed E-state index contributed by atoms with van der Waals surface area (Å²) in [6.45, 7) is 3.39. The Morgan fingerprint density at radius 2 is 2.05 bits per heavy atom. The minimum Gasteiger partial charge on any atom is -0.392 e. The number of nitrogens with one attached hydrogen (secondary N) is 1. The molecule has 19 heavy (non-hydrogen) atoms. The first kappa shape index (κ1) is 13.4. The van der Waals surface area contributed by atoms with Crippen molar-refractivity contribution in [3.8, 4) is 0 Å². The molecule has 0 aliphatic heterocycles. The van der Waals surface area contributed by atoms with Crippen molar-refractivity contribution < 1.29 is 4.79 Å². The maximum absolute atomic E-state index is 12.1. The van der Waals surface area contributed by atoms with Crippen molar-refractivity contribution in [2.24, 2.45) is 11.1 Å². The molecule has 1 heterocycles. The van der Waals surface area contributed by atoms with Gasteiger partial charge in [0.15, 0.2) is 0 Å². The van der Waals surface area contributed by atoms with Gasteiger partial charge in [-0.1, -0.05) is 30.4 Å². The van der Waals surface area contributed by atoms with Gasteiger partial charge in [-0.25, -0.2) is 0 Å². The summed E-state index contributed by atoms with van der Waals surface area (Å²) < 4.78 is 0. The maximum Gasteiger partial charge on any atom is 0.236 e. The summed E-state index contributed by atoms with van der Waals surface area (Å²) in [5.74, 6) is -0.239. The molecule has 98 valence electrons. The van der Waals surface area contributed by atoms with Gasteiger partial charge in [-0.3, -0.25) is 9.78 Å². The van der Waals surface area contributed by atoms with Crippen LogP contribution in [-0.4, -0.2) is 15.9 Å². The van der Waals surface area contributed by atoms with E-state index in [4.69, 9.17) is 18.0 Å².